The number of H-pyrrole nitrogens is 1. The number of non-ortho nitro benzene ring substituents is 1. The lowest BCUT2D eigenvalue weighted by Crippen LogP contribution is -2.09. The summed E-state index contributed by atoms with van der Waals surface area (Å²) in [6, 6.07) is 12.1. The van der Waals surface area contributed by atoms with Crippen LogP contribution in [-0.2, 0) is 5.75 Å². The van der Waals surface area contributed by atoms with E-state index in [4.69, 9.17) is 0 Å². The van der Waals surface area contributed by atoms with Crippen molar-refractivity contribution in [3.63, 3.8) is 0 Å². The van der Waals surface area contributed by atoms with Gasteiger partial charge in [-0.1, -0.05) is 11.8 Å². The minimum atomic E-state index is -0.478. The quantitative estimate of drug-likeness (QED) is 0.236. The summed E-state index contributed by atoms with van der Waals surface area (Å²) in [6.07, 6.45) is 0. The minimum Gasteiger partial charge on any atom is -0.309 e. The maximum absolute atomic E-state index is 13.4. The summed E-state index contributed by atoms with van der Waals surface area (Å²) in [5, 5.41) is 13.5. The molecule has 0 amide bonds. The molecule has 0 spiro atoms. The number of hydrogen-bond acceptors (Lipinski definition) is 7. The Morgan fingerprint density at radius 3 is 2.71 bits per heavy atom. The third-order valence-corrected chi connectivity index (χ3v) is 6.46. The molecule has 0 aliphatic heterocycles. The van der Waals surface area contributed by atoms with Gasteiger partial charge in [0.25, 0.3) is 11.2 Å². The van der Waals surface area contributed by atoms with Gasteiger partial charge in [0, 0.05) is 17.8 Å². The number of fused-ring (bicyclic) bond motifs is 2. The second kappa shape index (κ2) is 7.60. The molecule has 3 aromatic heterocycles. The van der Waals surface area contributed by atoms with Gasteiger partial charge in [-0.3, -0.25) is 19.5 Å². The van der Waals surface area contributed by atoms with Gasteiger partial charge in [0.15, 0.2) is 5.16 Å². The summed E-state index contributed by atoms with van der Waals surface area (Å²) in [5.41, 5.74) is 2.12. The number of thiophene rings is 1. The van der Waals surface area contributed by atoms with Crippen LogP contribution >= 0.6 is 23.1 Å². The van der Waals surface area contributed by atoms with Crippen molar-refractivity contribution in [3.05, 3.63) is 86.0 Å². The largest absolute Gasteiger partial charge is 0.309 e. The number of benzene rings is 2. The van der Waals surface area contributed by atoms with Gasteiger partial charge in [-0.25, -0.2) is 14.4 Å². The third kappa shape index (κ3) is 3.57. The Morgan fingerprint density at radius 1 is 1.13 bits per heavy atom. The lowest BCUT2D eigenvalue weighted by Gasteiger charge is -2.09. The number of aromatic nitrogens is 4. The van der Waals surface area contributed by atoms with Crippen molar-refractivity contribution < 1.29 is 9.31 Å². The number of hydrogen-bond donors (Lipinski definition) is 1. The molecule has 0 bridgehead atoms. The van der Waals surface area contributed by atoms with Gasteiger partial charge < -0.3 is 4.98 Å². The molecule has 5 rings (SSSR count). The molecule has 0 radical (unpaired) electrons. The fraction of sp³-hybridized carbons (Fsp3) is 0.0500. The Morgan fingerprint density at radius 2 is 1.94 bits per heavy atom. The highest BCUT2D eigenvalue weighted by Gasteiger charge is 2.17. The zero-order chi connectivity index (χ0) is 21.5. The van der Waals surface area contributed by atoms with Crippen molar-refractivity contribution in [1.82, 2.24) is 19.5 Å². The molecule has 154 valence electrons. The lowest BCUT2D eigenvalue weighted by atomic mass is 10.2. The van der Waals surface area contributed by atoms with Crippen molar-refractivity contribution in [2.24, 2.45) is 0 Å². The summed E-state index contributed by atoms with van der Waals surface area (Å²) < 4.78 is 15.8. The first-order chi connectivity index (χ1) is 15.0. The number of nitrogens with zero attached hydrogens (tertiary/aromatic N) is 4. The van der Waals surface area contributed by atoms with Crippen molar-refractivity contribution in [2.45, 2.75) is 10.9 Å². The molecule has 0 aliphatic carbocycles. The SMILES string of the molecule is O=c1[nH]c(CSc2nc3cc([N+](=O)[O-])ccc3n2-c2ccc(F)cc2)nc2ccsc12. The molecule has 0 fully saturated rings. The van der Waals surface area contributed by atoms with E-state index in [1.807, 2.05) is 5.38 Å². The topological polar surface area (TPSA) is 107 Å². The first-order valence-electron chi connectivity index (χ1n) is 9.01. The van der Waals surface area contributed by atoms with E-state index in [1.165, 1.54) is 47.4 Å². The lowest BCUT2D eigenvalue weighted by molar-refractivity contribution is -0.384. The maximum atomic E-state index is 13.4. The molecule has 1 N–H and O–H groups in total. The summed E-state index contributed by atoms with van der Waals surface area (Å²) >= 11 is 2.65. The van der Waals surface area contributed by atoms with Crippen LogP contribution in [0.15, 0.2) is 63.9 Å². The smallest absolute Gasteiger partial charge is 0.271 e. The summed E-state index contributed by atoms with van der Waals surface area (Å²) in [7, 11) is 0. The molecule has 5 aromatic rings. The molecular formula is C20H12FN5O3S2. The van der Waals surface area contributed by atoms with Gasteiger partial charge in [-0.15, -0.1) is 11.3 Å². The maximum Gasteiger partial charge on any atom is 0.271 e. The molecule has 11 heteroatoms. The van der Waals surface area contributed by atoms with Gasteiger partial charge in [0.2, 0.25) is 0 Å². The second-order valence-electron chi connectivity index (χ2n) is 6.57. The Hall–Kier alpha value is -3.57. The van der Waals surface area contributed by atoms with Crippen molar-refractivity contribution in [1.29, 1.82) is 0 Å². The predicted molar refractivity (Wildman–Crippen MR) is 117 cm³/mol. The Kier molecular flexibility index (Phi) is 4.75. The number of imidazole rings is 1. The van der Waals surface area contributed by atoms with E-state index in [-0.39, 0.29) is 17.1 Å². The molecular weight excluding hydrogens is 441 g/mol. The third-order valence-electron chi connectivity index (χ3n) is 4.60. The molecule has 0 saturated carbocycles. The van der Waals surface area contributed by atoms with Crippen LogP contribution in [0.5, 0.6) is 0 Å². The average molecular weight is 453 g/mol. The number of rotatable bonds is 5. The van der Waals surface area contributed by atoms with E-state index in [0.29, 0.717) is 43.7 Å². The molecule has 31 heavy (non-hydrogen) atoms. The molecule has 0 atom stereocenters. The van der Waals surface area contributed by atoms with Crippen LogP contribution in [0.25, 0.3) is 26.9 Å². The minimum absolute atomic E-state index is 0.0679. The van der Waals surface area contributed by atoms with E-state index in [2.05, 4.69) is 15.0 Å². The number of nitro groups is 1. The fourth-order valence-corrected chi connectivity index (χ4v) is 4.84. The summed E-state index contributed by atoms with van der Waals surface area (Å²) in [6.45, 7) is 0. The first kappa shape index (κ1) is 19.4. The van der Waals surface area contributed by atoms with Gasteiger partial charge >= 0.3 is 0 Å². The standard InChI is InChI=1S/C20H12FN5O3S2/c21-11-1-3-12(4-2-11)25-16-6-5-13(26(28)29)9-15(16)23-20(25)31-10-17-22-14-7-8-30-18(14)19(27)24-17/h1-9H,10H2,(H,22,24,27). The van der Waals surface area contributed by atoms with Crippen LogP contribution < -0.4 is 5.56 Å². The van der Waals surface area contributed by atoms with Crippen molar-refractivity contribution in [2.75, 3.05) is 0 Å². The van der Waals surface area contributed by atoms with Crippen molar-refractivity contribution >= 4 is 50.0 Å². The molecule has 8 nitrogen and oxygen atoms in total. The van der Waals surface area contributed by atoms with Gasteiger partial charge in [0.1, 0.15) is 16.3 Å². The molecule has 0 unspecified atom stereocenters. The van der Waals surface area contributed by atoms with E-state index in [9.17, 15) is 19.3 Å². The van der Waals surface area contributed by atoms with Crippen LogP contribution in [0.1, 0.15) is 5.82 Å². The fourth-order valence-electron chi connectivity index (χ4n) is 3.22. The van der Waals surface area contributed by atoms with E-state index in [1.54, 1.807) is 28.8 Å². The van der Waals surface area contributed by atoms with E-state index < -0.39 is 4.92 Å². The monoisotopic (exact) mass is 453 g/mol. The number of thioether (sulfide) groups is 1. The highest BCUT2D eigenvalue weighted by atomic mass is 32.2. The zero-order valence-electron chi connectivity index (χ0n) is 15.6. The molecule has 2 aromatic carbocycles. The average Bonchev–Trinajstić information content (AvgIpc) is 3.37. The Balaban J connectivity index is 1.58. The van der Waals surface area contributed by atoms with E-state index >= 15 is 0 Å². The van der Waals surface area contributed by atoms with E-state index in [0.717, 1.165) is 0 Å². The number of halogens is 1. The van der Waals surface area contributed by atoms with Crippen LogP contribution in [0.4, 0.5) is 10.1 Å². The Bertz CT molecular complexity index is 1510. The first-order valence-corrected chi connectivity index (χ1v) is 10.9. The summed E-state index contributed by atoms with van der Waals surface area (Å²) in [4.78, 5) is 34.7. The van der Waals surface area contributed by atoms with Gasteiger partial charge in [-0.05, 0) is 41.8 Å². The number of nitrogens with one attached hydrogen (secondary N) is 1. The predicted octanol–water partition coefficient (Wildman–Crippen LogP) is 4.66. The van der Waals surface area contributed by atoms with Crippen LogP contribution in [-0.4, -0.2) is 24.4 Å². The zero-order valence-corrected chi connectivity index (χ0v) is 17.2. The molecule has 3 heterocycles. The van der Waals surface area contributed by atoms with Crippen molar-refractivity contribution in [3.8, 4) is 5.69 Å². The highest BCUT2D eigenvalue weighted by molar-refractivity contribution is 7.98. The van der Waals surface area contributed by atoms with Gasteiger partial charge in [0.05, 0.1) is 27.2 Å². The number of aromatic amines is 1. The highest BCUT2D eigenvalue weighted by Crippen LogP contribution is 2.31. The second-order valence-corrected chi connectivity index (χ2v) is 8.43. The van der Waals surface area contributed by atoms with Crippen LogP contribution in [0.3, 0.4) is 0 Å². The van der Waals surface area contributed by atoms with Crippen LogP contribution in [0, 0.1) is 15.9 Å². The number of nitro benzene ring substituents is 1. The van der Waals surface area contributed by atoms with Crippen LogP contribution in [0.2, 0.25) is 0 Å². The normalized spacial score (nSPS) is 11.4. The Labute approximate surface area is 181 Å². The molecule has 0 aliphatic rings. The molecule has 0 saturated heterocycles. The van der Waals surface area contributed by atoms with Gasteiger partial charge in [-0.2, -0.15) is 0 Å². The summed E-state index contributed by atoms with van der Waals surface area (Å²) in [5.74, 6) is 0.446.